The number of hydrogen-bond donors (Lipinski definition) is 1. The van der Waals surface area contributed by atoms with Crippen LogP contribution in [0.5, 0.6) is 5.75 Å². The van der Waals surface area contributed by atoms with Crippen molar-refractivity contribution in [2.24, 2.45) is 17.8 Å². The van der Waals surface area contributed by atoms with Gasteiger partial charge in [0.1, 0.15) is 5.75 Å². The van der Waals surface area contributed by atoms with E-state index in [9.17, 15) is 9.90 Å². The maximum Gasteiger partial charge on any atom is 0.415 e. The van der Waals surface area contributed by atoms with E-state index >= 15 is 0 Å². The summed E-state index contributed by atoms with van der Waals surface area (Å²) in [5, 5.41) is 9.28. The second-order valence-corrected chi connectivity index (χ2v) is 9.95. The Hall–Kier alpha value is -1.55. The predicted molar refractivity (Wildman–Crippen MR) is 108 cm³/mol. The van der Waals surface area contributed by atoms with Gasteiger partial charge in [0.25, 0.3) is 0 Å². The Bertz CT molecular complexity index is 676. The standard InChI is InChI=1S/C24H33NO3/c26-10-8-21-3-1-2-9-25(21)23(27)28-22-6-4-20(5-7-22)24-14-17-11-18(15-24)13-19(12-17)16-24/h4-7,17-19,21,26H,1-3,8-16H2. The molecule has 1 unspecified atom stereocenters. The number of nitrogens with zero attached hydrogens (tertiary/aromatic N) is 1. The first-order valence-electron chi connectivity index (χ1n) is 11.3. The van der Waals surface area contributed by atoms with Crippen LogP contribution in [-0.4, -0.2) is 35.3 Å². The minimum Gasteiger partial charge on any atom is -0.410 e. The van der Waals surface area contributed by atoms with Crippen LogP contribution in [0, 0.1) is 17.8 Å². The molecule has 4 nitrogen and oxygen atoms in total. The molecule has 4 aliphatic carbocycles. The summed E-state index contributed by atoms with van der Waals surface area (Å²) in [5.74, 6) is 3.45. The molecule has 1 amide bonds. The number of amides is 1. The van der Waals surface area contributed by atoms with E-state index in [1.54, 1.807) is 0 Å². The molecule has 1 aromatic rings. The maximum atomic E-state index is 12.7. The monoisotopic (exact) mass is 383 g/mol. The van der Waals surface area contributed by atoms with Gasteiger partial charge < -0.3 is 14.7 Å². The van der Waals surface area contributed by atoms with Gasteiger partial charge in [0, 0.05) is 19.2 Å². The van der Waals surface area contributed by atoms with E-state index in [-0.39, 0.29) is 18.7 Å². The highest BCUT2D eigenvalue weighted by molar-refractivity contribution is 5.71. The molecule has 5 aliphatic rings. The molecule has 5 fully saturated rings. The van der Waals surface area contributed by atoms with Gasteiger partial charge in [-0.1, -0.05) is 12.1 Å². The van der Waals surface area contributed by atoms with Crippen LogP contribution < -0.4 is 4.74 Å². The van der Waals surface area contributed by atoms with Crippen molar-refractivity contribution in [2.75, 3.05) is 13.2 Å². The fraction of sp³-hybridized carbons (Fsp3) is 0.708. The topological polar surface area (TPSA) is 49.8 Å². The molecule has 1 heterocycles. The summed E-state index contributed by atoms with van der Waals surface area (Å²) >= 11 is 0. The number of carbonyl (C=O) groups is 1. The fourth-order valence-electron chi connectivity index (χ4n) is 7.19. The lowest BCUT2D eigenvalue weighted by Crippen LogP contribution is -2.48. The first-order valence-corrected chi connectivity index (χ1v) is 11.3. The van der Waals surface area contributed by atoms with E-state index in [0.717, 1.165) is 43.6 Å². The summed E-state index contributed by atoms with van der Waals surface area (Å²) in [6, 6.07) is 8.54. The van der Waals surface area contributed by atoms with Crippen molar-refractivity contribution in [1.29, 1.82) is 0 Å². The average molecular weight is 384 g/mol. The lowest BCUT2D eigenvalue weighted by molar-refractivity contribution is -0.00520. The normalized spacial score (nSPS) is 36.5. The van der Waals surface area contributed by atoms with E-state index in [0.29, 0.717) is 17.6 Å². The SMILES string of the molecule is O=C(Oc1ccc(C23CC4CC(CC(C4)C2)C3)cc1)N1CCCCC1CCO. The lowest BCUT2D eigenvalue weighted by atomic mass is 9.48. The Labute approximate surface area is 168 Å². The van der Waals surface area contributed by atoms with Gasteiger partial charge in [-0.3, -0.25) is 0 Å². The molecule has 28 heavy (non-hydrogen) atoms. The molecule has 1 N–H and O–H groups in total. The highest BCUT2D eigenvalue weighted by atomic mass is 16.6. The molecule has 4 saturated carbocycles. The van der Waals surface area contributed by atoms with E-state index in [4.69, 9.17) is 4.74 Å². The van der Waals surface area contributed by atoms with E-state index in [1.165, 1.54) is 44.1 Å². The molecule has 0 radical (unpaired) electrons. The molecule has 1 atom stereocenters. The van der Waals surface area contributed by atoms with Crippen LogP contribution in [0.2, 0.25) is 0 Å². The summed E-state index contributed by atoms with van der Waals surface area (Å²) < 4.78 is 5.71. The van der Waals surface area contributed by atoms with Crippen LogP contribution in [-0.2, 0) is 5.41 Å². The lowest BCUT2D eigenvalue weighted by Gasteiger charge is -2.57. The Kier molecular flexibility index (Phi) is 4.86. The number of aliphatic hydroxyl groups excluding tert-OH is 1. The smallest absolute Gasteiger partial charge is 0.410 e. The van der Waals surface area contributed by atoms with Crippen LogP contribution in [0.1, 0.15) is 69.8 Å². The average Bonchev–Trinajstić information content (AvgIpc) is 2.68. The van der Waals surface area contributed by atoms with Crippen LogP contribution >= 0.6 is 0 Å². The summed E-state index contributed by atoms with van der Waals surface area (Å²) in [4.78, 5) is 14.5. The van der Waals surface area contributed by atoms with E-state index in [1.807, 2.05) is 17.0 Å². The second-order valence-electron chi connectivity index (χ2n) is 9.95. The Morgan fingerprint density at radius 2 is 1.68 bits per heavy atom. The highest BCUT2D eigenvalue weighted by Gasteiger charge is 2.51. The zero-order chi connectivity index (χ0) is 19.1. The van der Waals surface area contributed by atoms with Crippen LogP contribution in [0.25, 0.3) is 0 Å². The molecule has 0 aromatic heterocycles. The molecular weight excluding hydrogens is 350 g/mol. The van der Waals surface area contributed by atoms with Crippen LogP contribution in [0.15, 0.2) is 24.3 Å². The van der Waals surface area contributed by atoms with Gasteiger partial charge in [0.2, 0.25) is 0 Å². The third kappa shape index (κ3) is 3.34. The van der Waals surface area contributed by atoms with Gasteiger partial charge in [0.15, 0.2) is 0 Å². The molecule has 4 bridgehead atoms. The van der Waals surface area contributed by atoms with Crippen molar-refractivity contribution >= 4 is 6.09 Å². The second kappa shape index (κ2) is 7.37. The summed E-state index contributed by atoms with van der Waals surface area (Å²) in [6.45, 7) is 0.850. The molecule has 4 heteroatoms. The maximum absolute atomic E-state index is 12.7. The van der Waals surface area contributed by atoms with Crippen molar-refractivity contribution < 1.29 is 14.6 Å². The Balaban J connectivity index is 1.27. The zero-order valence-corrected chi connectivity index (χ0v) is 16.8. The van der Waals surface area contributed by atoms with E-state index in [2.05, 4.69) is 12.1 Å². The number of carbonyl (C=O) groups excluding carboxylic acids is 1. The summed E-state index contributed by atoms with van der Waals surface area (Å²) in [6.07, 6.45) is 11.9. The number of benzene rings is 1. The largest absolute Gasteiger partial charge is 0.415 e. The van der Waals surface area contributed by atoms with Crippen LogP contribution in [0.4, 0.5) is 4.79 Å². The molecule has 6 rings (SSSR count). The quantitative estimate of drug-likeness (QED) is 0.805. The third-order valence-electron chi connectivity index (χ3n) is 8.03. The number of rotatable bonds is 4. The van der Waals surface area contributed by atoms with E-state index < -0.39 is 0 Å². The molecule has 1 saturated heterocycles. The van der Waals surface area contributed by atoms with Gasteiger partial charge >= 0.3 is 6.09 Å². The number of aliphatic hydroxyl groups is 1. The summed E-state index contributed by atoms with van der Waals surface area (Å²) in [7, 11) is 0. The van der Waals surface area contributed by atoms with Gasteiger partial charge in [-0.15, -0.1) is 0 Å². The predicted octanol–water partition coefficient (Wildman–Crippen LogP) is 4.89. The minimum absolute atomic E-state index is 0.109. The third-order valence-corrected chi connectivity index (χ3v) is 8.03. The minimum atomic E-state index is -0.263. The first-order chi connectivity index (χ1) is 13.6. The van der Waals surface area contributed by atoms with Gasteiger partial charge in [-0.25, -0.2) is 4.79 Å². The van der Waals surface area contributed by atoms with Gasteiger partial charge in [-0.2, -0.15) is 0 Å². The van der Waals surface area contributed by atoms with Crippen molar-refractivity contribution in [1.82, 2.24) is 4.90 Å². The number of hydrogen-bond acceptors (Lipinski definition) is 3. The Morgan fingerprint density at radius 1 is 1.04 bits per heavy atom. The fourth-order valence-corrected chi connectivity index (χ4v) is 7.19. The first kappa shape index (κ1) is 18.5. The number of piperidine rings is 1. The molecule has 1 aliphatic heterocycles. The van der Waals surface area contributed by atoms with Crippen molar-refractivity contribution in [2.45, 2.75) is 75.7 Å². The Morgan fingerprint density at radius 3 is 2.29 bits per heavy atom. The van der Waals surface area contributed by atoms with Crippen molar-refractivity contribution in [3.05, 3.63) is 29.8 Å². The number of ether oxygens (including phenoxy) is 1. The van der Waals surface area contributed by atoms with Gasteiger partial charge in [-0.05, 0) is 105 Å². The number of likely N-dealkylation sites (tertiary alicyclic amines) is 1. The van der Waals surface area contributed by atoms with Gasteiger partial charge in [0.05, 0.1) is 0 Å². The molecule has 152 valence electrons. The van der Waals surface area contributed by atoms with Crippen LogP contribution in [0.3, 0.4) is 0 Å². The molecule has 1 aromatic carbocycles. The highest BCUT2D eigenvalue weighted by Crippen LogP contribution is 2.60. The molecular formula is C24H33NO3. The molecule has 0 spiro atoms. The van der Waals surface area contributed by atoms with Crippen molar-refractivity contribution in [3.63, 3.8) is 0 Å². The zero-order valence-electron chi connectivity index (χ0n) is 16.8. The summed E-state index contributed by atoms with van der Waals surface area (Å²) in [5.41, 5.74) is 1.85. The van der Waals surface area contributed by atoms with Crippen molar-refractivity contribution in [3.8, 4) is 5.75 Å².